The van der Waals surface area contributed by atoms with Crippen LogP contribution < -0.4 is 16.4 Å². The first-order valence-corrected chi connectivity index (χ1v) is 13.0. The molecule has 10 heteroatoms. The van der Waals surface area contributed by atoms with E-state index in [1.165, 1.54) is 11.6 Å². The average Bonchev–Trinajstić information content (AvgIpc) is 2.86. The highest BCUT2D eigenvalue weighted by Gasteiger charge is 2.09. The Morgan fingerprint density at radius 2 is 1.68 bits per heavy atom. The monoisotopic (exact) mass is 533 g/mol. The van der Waals surface area contributed by atoms with E-state index >= 15 is 0 Å². The fraction of sp³-hybridized carbons (Fsp3) is 0.500. The van der Waals surface area contributed by atoms with Gasteiger partial charge in [-0.2, -0.15) is 0 Å². The summed E-state index contributed by atoms with van der Waals surface area (Å²) < 4.78 is 5.73. The van der Waals surface area contributed by atoms with Crippen molar-refractivity contribution in [2.75, 3.05) is 31.6 Å². The predicted molar refractivity (Wildman–Crippen MR) is 147 cm³/mol. The minimum atomic E-state index is -0.833. The highest BCUT2D eigenvalue weighted by molar-refractivity contribution is 5.87. The number of aliphatic carboxylic acids is 1. The quantitative estimate of drug-likeness (QED) is 0.151. The molecular weight excluding hydrogens is 490 g/mol. The molecule has 38 heavy (non-hydrogen) atoms. The van der Waals surface area contributed by atoms with Crippen molar-refractivity contribution >= 4 is 17.7 Å². The topological polar surface area (TPSA) is 174 Å². The lowest BCUT2D eigenvalue weighted by Gasteiger charge is -2.14. The lowest BCUT2D eigenvalue weighted by molar-refractivity contribution is -0.134. The van der Waals surface area contributed by atoms with Crippen LogP contribution >= 0.6 is 0 Å². The number of hydrogen-bond acceptors (Lipinski definition) is 7. The van der Waals surface area contributed by atoms with Gasteiger partial charge in [0.25, 0.3) is 5.97 Å². The van der Waals surface area contributed by atoms with E-state index in [0.717, 1.165) is 77.3 Å². The fourth-order valence-electron chi connectivity index (χ4n) is 3.69. The lowest BCUT2D eigenvalue weighted by atomic mass is 10.1. The van der Waals surface area contributed by atoms with Gasteiger partial charge in [0.2, 0.25) is 0 Å². The Balaban J connectivity index is 0.00000168. The van der Waals surface area contributed by atoms with E-state index in [4.69, 9.17) is 20.4 Å². The van der Waals surface area contributed by atoms with Gasteiger partial charge >= 0.3 is 6.03 Å². The van der Waals surface area contributed by atoms with Gasteiger partial charge in [-0.15, -0.1) is 0 Å². The first-order valence-electron chi connectivity index (χ1n) is 13.0. The number of hydrogen-bond donors (Lipinski definition) is 7. The number of aliphatic hydroxyl groups is 2. The summed E-state index contributed by atoms with van der Waals surface area (Å²) in [5, 5.41) is 42.3. The lowest BCUT2D eigenvalue weighted by Crippen LogP contribution is -2.22. The van der Waals surface area contributed by atoms with Crippen molar-refractivity contribution in [2.45, 2.75) is 64.6 Å². The number of rotatable bonds is 17. The summed E-state index contributed by atoms with van der Waals surface area (Å²) >= 11 is 0. The second-order valence-corrected chi connectivity index (χ2v) is 8.96. The average molecular weight is 534 g/mol. The Labute approximate surface area is 224 Å². The van der Waals surface area contributed by atoms with Crippen molar-refractivity contribution in [3.63, 3.8) is 0 Å². The number of anilines is 1. The maximum Gasteiger partial charge on any atom is 0.316 e. The molecule has 0 aliphatic heterocycles. The predicted octanol–water partition coefficient (Wildman–Crippen LogP) is 3.69. The number of unbranched alkanes of at least 4 members (excludes halogenated alkanes) is 4. The standard InChI is InChI=1S/C26H39N3O5.C2H4O2/c27-26(33)29-23-10-7-9-20(16-23)8-3-6-15-34-14-5-2-1-4-13-28-18-25(32)21-11-12-24(31)22(17-21)19-30;1-2(3)4/h7,9-12,16-17,25,28,30-32H,1-6,8,13-15,18-19H2,(H3,27,29,33);1H3,(H,3,4)/t25-;/m0./s1. The number of aryl methyl sites for hydroxylation is 1. The number of carbonyl (C=O) groups is 2. The van der Waals surface area contributed by atoms with Crippen LogP contribution in [0.15, 0.2) is 42.5 Å². The van der Waals surface area contributed by atoms with Crippen molar-refractivity contribution in [1.29, 1.82) is 0 Å². The van der Waals surface area contributed by atoms with Crippen molar-refractivity contribution in [1.82, 2.24) is 5.32 Å². The van der Waals surface area contributed by atoms with E-state index in [1.807, 2.05) is 24.3 Å². The number of aliphatic hydroxyl groups excluding tert-OH is 2. The Kier molecular flexibility index (Phi) is 17.2. The minimum absolute atomic E-state index is 0.0390. The van der Waals surface area contributed by atoms with Crippen LogP contribution in [-0.4, -0.2) is 58.7 Å². The van der Waals surface area contributed by atoms with Crippen LogP contribution in [0, 0.1) is 0 Å². The number of ether oxygens (including phenoxy) is 1. The fourth-order valence-corrected chi connectivity index (χ4v) is 3.69. The number of carboxylic acids is 1. The van der Waals surface area contributed by atoms with Crippen LogP contribution in [0.1, 0.15) is 68.2 Å². The molecule has 212 valence electrons. The molecule has 0 aliphatic carbocycles. The van der Waals surface area contributed by atoms with Gasteiger partial charge in [-0.3, -0.25) is 4.79 Å². The van der Waals surface area contributed by atoms with E-state index in [-0.39, 0.29) is 12.4 Å². The number of urea groups is 1. The maximum absolute atomic E-state index is 10.9. The third-order valence-corrected chi connectivity index (χ3v) is 5.59. The van der Waals surface area contributed by atoms with Crippen molar-refractivity contribution in [3.05, 3.63) is 59.2 Å². The second kappa shape index (κ2) is 19.9. The third kappa shape index (κ3) is 15.8. The van der Waals surface area contributed by atoms with Crippen molar-refractivity contribution < 1.29 is 34.8 Å². The maximum atomic E-state index is 10.9. The molecular formula is C28H43N3O7. The highest BCUT2D eigenvalue weighted by atomic mass is 16.5. The Hall–Kier alpha value is -3.18. The molecule has 0 unspecified atom stereocenters. The van der Waals surface area contributed by atoms with Gasteiger partial charge in [0.05, 0.1) is 12.7 Å². The first-order chi connectivity index (χ1) is 18.2. The molecule has 0 bridgehead atoms. The van der Waals surface area contributed by atoms with Gasteiger partial charge in [0.15, 0.2) is 0 Å². The molecule has 2 aromatic rings. The Morgan fingerprint density at radius 1 is 1.00 bits per heavy atom. The summed E-state index contributed by atoms with van der Waals surface area (Å²) in [4.78, 5) is 19.9. The van der Waals surface area contributed by atoms with Gasteiger partial charge < -0.3 is 41.5 Å². The zero-order valence-corrected chi connectivity index (χ0v) is 22.2. The first kappa shape index (κ1) is 32.8. The van der Waals surface area contributed by atoms with Gasteiger partial charge in [0, 0.05) is 37.9 Å². The summed E-state index contributed by atoms with van der Waals surface area (Å²) in [5.74, 6) is -0.794. The van der Waals surface area contributed by atoms with Gasteiger partial charge in [0.1, 0.15) is 5.75 Å². The molecule has 2 aromatic carbocycles. The SMILES string of the molecule is CC(=O)O.NC(=O)Nc1cccc(CCCCOCCCCCCNC[C@H](O)c2ccc(O)c(CO)c2)c1. The van der Waals surface area contributed by atoms with E-state index in [0.29, 0.717) is 17.7 Å². The number of aromatic hydroxyl groups is 1. The number of amides is 2. The molecule has 0 saturated carbocycles. The summed E-state index contributed by atoms with van der Waals surface area (Å²) in [7, 11) is 0. The third-order valence-electron chi connectivity index (χ3n) is 5.59. The van der Waals surface area contributed by atoms with Crippen LogP contribution in [0.4, 0.5) is 10.5 Å². The molecule has 0 fully saturated rings. The molecule has 0 heterocycles. The summed E-state index contributed by atoms with van der Waals surface area (Å²) in [6.07, 6.45) is 6.60. The molecule has 2 amide bonds. The number of phenols is 1. The number of primary amides is 1. The van der Waals surface area contributed by atoms with Gasteiger partial charge in [-0.1, -0.05) is 31.0 Å². The second-order valence-electron chi connectivity index (χ2n) is 8.96. The number of carbonyl (C=O) groups excluding carboxylic acids is 1. The number of benzene rings is 2. The molecule has 1 atom stereocenters. The van der Waals surface area contributed by atoms with E-state index in [1.54, 1.807) is 12.1 Å². The van der Waals surface area contributed by atoms with Crippen LogP contribution in [0.3, 0.4) is 0 Å². The van der Waals surface area contributed by atoms with Gasteiger partial charge in [-0.25, -0.2) is 4.79 Å². The molecule has 0 radical (unpaired) electrons. The molecule has 10 nitrogen and oxygen atoms in total. The zero-order chi connectivity index (χ0) is 28.2. The molecule has 0 saturated heterocycles. The highest BCUT2D eigenvalue weighted by Crippen LogP contribution is 2.22. The number of nitrogens with two attached hydrogens (primary N) is 1. The normalized spacial score (nSPS) is 11.3. The molecule has 8 N–H and O–H groups in total. The molecule has 0 aromatic heterocycles. The molecule has 0 spiro atoms. The zero-order valence-electron chi connectivity index (χ0n) is 22.2. The minimum Gasteiger partial charge on any atom is -0.508 e. The van der Waals surface area contributed by atoms with Crippen molar-refractivity contribution in [3.8, 4) is 5.75 Å². The molecule has 2 rings (SSSR count). The Morgan fingerprint density at radius 3 is 2.37 bits per heavy atom. The largest absolute Gasteiger partial charge is 0.508 e. The van der Waals surface area contributed by atoms with Crippen LogP contribution in [0.25, 0.3) is 0 Å². The van der Waals surface area contributed by atoms with Gasteiger partial charge in [-0.05, 0) is 74.0 Å². The summed E-state index contributed by atoms with van der Waals surface area (Å²) in [6.45, 7) is 3.63. The van der Waals surface area contributed by atoms with Crippen LogP contribution in [0.5, 0.6) is 5.75 Å². The van der Waals surface area contributed by atoms with Crippen LogP contribution in [-0.2, 0) is 22.6 Å². The summed E-state index contributed by atoms with van der Waals surface area (Å²) in [6, 6.07) is 12.0. The van der Waals surface area contributed by atoms with Crippen LogP contribution in [0.2, 0.25) is 0 Å². The number of carboxylic acid groups (broad SMARTS) is 1. The number of nitrogens with one attached hydrogen (secondary N) is 2. The van der Waals surface area contributed by atoms with E-state index < -0.39 is 18.1 Å². The smallest absolute Gasteiger partial charge is 0.316 e. The van der Waals surface area contributed by atoms with E-state index in [2.05, 4.69) is 10.6 Å². The molecule has 0 aliphatic rings. The van der Waals surface area contributed by atoms with E-state index in [9.17, 15) is 20.1 Å². The Bertz CT molecular complexity index is 952. The summed E-state index contributed by atoms with van der Waals surface area (Å²) in [5.41, 5.74) is 8.14. The van der Waals surface area contributed by atoms with Crippen molar-refractivity contribution in [2.24, 2.45) is 5.73 Å².